The van der Waals surface area contributed by atoms with Gasteiger partial charge in [0, 0.05) is 18.4 Å². The highest BCUT2D eigenvalue weighted by Crippen LogP contribution is 2.33. The van der Waals surface area contributed by atoms with Gasteiger partial charge < -0.3 is 9.88 Å². The molecule has 1 unspecified atom stereocenters. The van der Waals surface area contributed by atoms with Crippen molar-refractivity contribution >= 4 is 5.82 Å². The summed E-state index contributed by atoms with van der Waals surface area (Å²) in [5, 5.41) is 2.90. The molecule has 0 spiro atoms. The zero-order valence-corrected chi connectivity index (χ0v) is 8.60. The first-order valence-electron chi connectivity index (χ1n) is 5.02. The molecule has 1 aromatic rings. The minimum atomic E-state index is -0.180. The first-order valence-corrected chi connectivity index (χ1v) is 5.02. The van der Waals surface area contributed by atoms with Gasteiger partial charge >= 0.3 is 0 Å². The van der Waals surface area contributed by atoms with Crippen LogP contribution in [0.5, 0.6) is 0 Å². The van der Waals surface area contributed by atoms with Gasteiger partial charge in [0.15, 0.2) is 5.82 Å². The molecule has 1 aromatic heterocycles. The number of nitrogens with one attached hydrogen (secondary N) is 1. The Bertz CT molecular complexity index is 454. The average Bonchev–Trinajstić information content (AvgIpc) is 3.04. The fourth-order valence-electron chi connectivity index (χ4n) is 1.41. The van der Waals surface area contributed by atoms with E-state index < -0.39 is 0 Å². The molecule has 1 heterocycles. The number of nitrogens with zero attached hydrogens (tertiary/aromatic N) is 2. The van der Waals surface area contributed by atoms with E-state index in [0.717, 1.165) is 12.8 Å². The Morgan fingerprint density at radius 2 is 2.47 bits per heavy atom. The predicted molar refractivity (Wildman–Crippen MR) is 58.7 cm³/mol. The maximum Gasteiger partial charge on any atom is 0.293 e. The maximum absolute atomic E-state index is 11.9. The van der Waals surface area contributed by atoms with Crippen molar-refractivity contribution in [2.24, 2.45) is 0 Å². The van der Waals surface area contributed by atoms with Crippen LogP contribution in [-0.4, -0.2) is 15.6 Å². The second-order valence-corrected chi connectivity index (χ2v) is 3.75. The van der Waals surface area contributed by atoms with E-state index in [9.17, 15) is 4.79 Å². The average molecular weight is 203 g/mol. The van der Waals surface area contributed by atoms with E-state index in [1.54, 1.807) is 17.0 Å². The molecule has 0 aliphatic heterocycles. The molecular weight excluding hydrogens is 190 g/mol. The Morgan fingerprint density at radius 1 is 1.73 bits per heavy atom. The minimum absolute atomic E-state index is 0.0814. The second-order valence-electron chi connectivity index (χ2n) is 3.75. The molecule has 1 fully saturated rings. The molecule has 0 aromatic carbocycles. The van der Waals surface area contributed by atoms with Gasteiger partial charge in [-0.3, -0.25) is 4.79 Å². The summed E-state index contributed by atoms with van der Waals surface area (Å²) in [7, 11) is 0. The van der Waals surface area contributed by atoms with Gasteiger partial charge in [0.2, 0.25) is 0 Å². The topological polar surface area (TPSA) is 46.9 Å². The summed E-state index contributed by atoms with van der Waals surface area (Å²) in [6.45, 7) is 1.82. The molecule has 1 N–H and O–H groups in total. The van der Waals surface area contributed by atoms with E-state index in [-0.39, 0.29) is 11.6 Å². The largest absolute Gasteiger partial charge is 0.352 e. The molecule has 0 amide bonds. The molecule has 1 aliphatic carbocycles. The van der Waals surface area contributed by atoms with Crippen LogP contribution < -0.4 is 10.9 Å². The highest BCUT2D eigenvalue weighted by Gasteiger charge is 2.25. The van der Waals surface area contributed by atoms with Crippen LogP contribution in [0, 0.1) is 12.3 Å². The number of hydrogen-bond donors (Lipinski definition) is 1. The van der Waals surface area contributed by atoms with Gasteiger partial charge in [0.1, 0.15) is 0 Å². The third kappa shape index (κ3) is 2.01. The summed E-state index contributed by atoms with van der Waals surface area (Å²) in [6, 6.07) is 0.183. The Kier molecular flexibility index (Phi) is 2.46. The molecule has 0 saturated heterocycles. The van der Waals surface area contributed by atoms with Crippen molar-refractivity contribution in [2.75, 3.05) is 5.32 Å². The quantitative estimate of drug-likeness (QED) is 0.746. The summed E-state index contributed by atoms with van der Waals surface area (Å²) in [4.78, 5) is 15.9. The summed E-state index contributed by atoms with van der Waals surface area (Å²) >= 11 is 0. The van der Waals surface area contributed by atoms with Gasteiger partial charge in [-0.1, -0.05) is 5.92 Å². The van der Waals surface area contributed by atoms with E-state index in [1.807, 2.05) is 6.92 Å². The lowest BCUT2D eigenvalue weighted by molar-refractivity contribution is 0.698. The zero-order chi connectivity index (χ0) is 10.8. The summed E-state index contributed by atoms with van der Waals surface area (Å²) in [5.74, 6) is 2.85. The molecule has 4 heteroatoms. The van der Waals surface area contributed by atoms with Crippen LogP contribution in [0.25, 0.3) is 0 Å². The molecule has 78 valence electrons. The van der Waals surface area contributed by atoms with E-state index in [1.165, 1.54) is 0 Å². The van der Waals surface area contributed by atoms with Gasteiger partial charge in [0.05, 0.1) is 6.04 Å². The number of anilines is 1. The number of aromatic nitrogens is 2. The van der Waals surface area contributed by atoms with Crippen LogP contribution in [-0.2, 0) is 0 Å². The van der Waals surface area contributed by atoms with Crippen molar-refractivity contribution in [1.29, 1.82) is 0 Å². The molecule has 1 atom stereocenters. The Balaban J connectivity index is 2.28. The summed E-state index contributed by atoms with van der Waals surface area (Å²) in [5.41, 5.74) is -0.0814. The lowest BCUT2D eigenvalue weighted by Gasteiger charge is -2.09. The molecule has 0 bridgehead atoms. The highest BCUT2D eigenvalue weighted by molar-refractivity contribution is 5.35. The van der Waals surface area contributed by atoms with Crippen molar-refractivity contribution in [2.45, 2.75) is 31.8 Å². The van der Waals surface area contributed by atoms with Gasteiger partial charge in [0.25, 0.3) is 5.56 Å². The monoisotopic (exact) mass is 203 g/mol. The fraction of sp³-hybridized carbons (Fsp3) is 0.455. The maximum atomic E-state index is 11.9. The molecule has 15 heavy (non-hydrogen) atoms. The van der Waals surface area contributed by atoms with Crippen LogP contribution in [0.4, 0.5) is 5.82 Å². The summed E-state index contributed by atoms with van der Waals surface area (Å²) in [6.07, 6.45) is 10.7. The lowest BCUT2D eigenvalue weighted by atomic mass is 10.3. The third-order valence-corrected chi connectivity index (χ3v) is 2.41. The summed E-state index contributed by atoms with van der Waals surface area (Å²) < 4.78 is 1.72. The van der Waals surface area contributed by atoms with Crippen molar-refractivity contribution in [3.63, 3.8) is 0 Å². The number of rotatable bonds is 3. The normalized spacial score (nSPS) is 16.8. The molecule has 4 nitrogen and oxygen atoms in total. The fourth-order valence-corrected chi connectivity index (χ4v) is 1.41. The smallest absolute Gasteiger partial charge is 0.293 e. The Morgan fingerprint density at radius 3 is 3.07 bits per heavy atom. The zero-order valence-electron chi connectivity index (χ0n) is 8.60. The Hall–Kier alpha value is -1.76. The molecular formula is C11H13N3O. The van der Waals surface area contributed by atoms with Crippen LogP contribution in [0.1, 0.15) is 25.8 Å². The van der Waals surface area contributed by atoms with Crippen LogP contribution >= 0.6 is 0 Å². The lowest BCUT2D eigenvalue weighted by Crippen LogP contribution is -2.26. The Labute approximate surface area is 88.3 Å². The van der Waals surface area contributed by atoms with Crippen molar-refractivity contribution in [3.05, 3.63) is 22.7 Å². The van der Waals surface area contributed by atoms with Gasteiger partial charge in [-0.25, -0.2) is 4.98 Å². The number of terminal acetylenes is 1. The first kappa shape index (κ1) is 9.78. The van der Waals surface area contributed by atoms with E-state index in [0.29, 0.717) is 11.9 Å². The molecule has 2 rings (SSSR count). The first-order chi connectivity index (χ1) is 7.22. The molecule has 1 saturated carbocycles. The van der Waals surface area contributed by atoms with Crippen LogP contribution in [0.3, 0.4) is 0 Å². The van der Waals surface area contributed by atoms with Gasteiger partial charge in [-0.15, -0.1) is 6.42 Å². The van der Waals surface area contributed by atoms with Gasteiger partial charge in [-0.05, 0) is 19.8 Å². The van der Waals surface area contributed by atoms with E-state index in [4.69, 9.17) is 6.42 Å². The third-order valence-electron chi connectivity index (χ3n) is 2.41. The van der Waals surface area contributed by atoms with Crippen LogP contribution in [0.2, 0.25) is 0 Å². The van der Waals surface area contributed by atoms with E-state index in [2.05, 4.69) is 16.2 Å². The molecule has 1 aliphatic rings. The highest BCUT2D eigenvalue weighted by atomic mass is 16.1. The van der Waals surface area contributed by atoms with Gasteiger partial charge in [-0.2, -0.15) is 0 Å². The van der Waals surface area contributed by atoms with E-state index >= 15 is 0 Å². The van der Waals surface area contributed by atoms with Crippen LogP contribution in [0.15, 0.2) is 17.2 Å². The van der Waals surface area contributed by atoms with Crippen molar-refractivity contribution in [3.8, 4) is 12.3 Å². The minimum Gasteiger partial charge on any atom is -0.352 e. The standard InChI is InChI=1S/C11H13N3O/c1-3-8(2)13-10-11(15)14(7-6-12-10)9-4-5-9/h1,6-9H,4-5H2,2H3,(H,12,13). The number of hydrogen-bond acceptors (Lipinski definition) is 3. The second kappa shape index (κ2) is 3.77. The predicted octanol–water partition coefficient (Wildman–Crippen LogP) is 1.01. The SMILES string of the molecule is C#CC(C)Nc1nccn(C2CC2)c1=O. The van der Waals surface area contributed by atoms with Crippen molar-refractivity contribution in [1.82, 2.24) is 9.55 Å². The molecule has 0 radical (unpaired) electrons. The van der Waals surface area contributed by atoms with Crippen molar-refractivity contribution < 1.29 is 0 Å².